The van der Waals surface area contributed by atoms with Gasteiger partial charge in [0, 0.05) is 32.4 Å². The van der Waals surface area contributed by atoms with Crippen LogP contribution >= 0.6 is 0 Å². The van der Waals surface area contributed by atoms with E-state index in [-0.39, 0.29) is 12.2 Å². The van der Waals surface area contributed by atoms with Crippen molar-refractivity contribution in [2.45, 2.75) is 19.5 Å². The number of aliphatic carboxylic acids is 1. The Labute approximate surface area is 145 Å². The van der Waals surface area contributed by atoms with E-state index in [9.17, 15) is 14.0 Å². The van der Waals surface area contributed by atoms with Crippen LogP contribution in [0.5, 0.6) is 0 Å². The quantitative estimate of drug-likeness (QED) is 0.742. The maximum Gasteiger partial charge on any atom is 0.354 e. The highest BCUT2D eigenvalue weighted by atomic mass is 19.1. The Bertz CT molecular complexity index is 740. The van der Waals surface area contributed by atoms with E-state index in [1.54, 1.807) is 29.8 Å². The fourth-order valence-electron chi connectivity index (χ4n) is 2.57. The van der Waals surface area contributed by atoms with Crippen LogP contribution in [0.3, 0.4) is 0 Å². The second-order valence-electron chi connectivity index (χ2n) is 5.74. The molecule has 0 atom stereocenters. The van der Waals surface area contributed by atoms with Gasteiger partial charge in [-0.1, -0.05) is 12.1 Å². The summed E-state index contributed by atoms with van der Waals surface area (Å²) in [4.78, 5) is 24.6. The largest absolute Gasteiger partial charge is 0.481 e. The summed E-state index contributed by atoms with van der Waals surface area (Å²) < 4.78 is 19.5. The second kappa shape index (κ2) is 8.43. The highest BCUT2D eigenvalue weighted by molar-refractivity contribution is 5.87. The van der Waals surface area contributed by atoms with Crippen molar-refractivity contribution in [3.8, 4) is 0 Å². The smallest absolute Gasteiger partial charge is 0.354 e. The van der Waals surface area contributed by atoms with Crippen LogP contribution in [0.2, 0.25) is 0 Å². The molecule has 0 saturated carbocycles. The topological polar surface area (TPSA) is 71.8 Å². The molecule has 0 aliphatic rings. The fourth-order valence-corrected chi connectivity index (χ4v) is 2.57. The number of carbonyl (C=O) groups is 2. The van der Waals surface area contributed by atoms with Crippen molar-refractivity contribution in [3.63, 3.8) is 0 Å². The first-order chi connectivity index (χ1) is 11.9. The predicted molar refractivity (Wildman–Crippen MR) is 89.5 cm³/mol. The molecule has 0 amide bonds. The van der Waals surface area contributed by atoms with Gasteiger partial charge in [-0.25, -0.2) is 9.18 Å². The fraction of sp³-hybridized carbons (Fsp3) is 0.333. The lowest BCUT2D eigenvalue weighted by atomic mass is 10.2. The van der Waals surface area contributed by atoms with Crippen LogP contribution in [-0.4, -0.2) is 40.2 Å². The minimum Gasteiger partial charge on any atom is -0.481 e. The summed E-state index contributed by atoms with van der Waals surface area (Å²) >= 11 is 0. The van der Waals surface area contributed by atoms with E-state index in [0.29, 0.717) is 25.3 Å². The number of rotatable bonds is 8. The van der Waals surface area contributed by atoms with Crippen molar-refractivity contribution < 1.29 is 23.8 Å². The Morgan fingerprint density at radius 3 is 2.44 bits per heavy atom. The van der Waals surface area contributed by atoms with Gasteiger partial charge in [-0.2, -0.15) is 0 Å². The van der Waals surface area contributed by atoms with Gasteiger partial charge in [0.05, 0.1) is 13.5 Å². The standard InChI is InChI=1S/C18H21FN2O4/c1-20-15(7-8-16(20)18(24)25-2)12-21(10-9-17(22)23)11-13-3-5-14(19)6-4-13/h3-8H,9-12H2,1-2H3,(H,22,23). The van der Waals surface area contributed by atoms with Crippen molar-refractivity contribution in [1.29, 1.82) is 0 Å². The van der Waals surface area contributed by atoms with Crippen LogP contribution in [0.25, 0.3) is 0 Å². The molecular weight excluding hydrogens is 327 g/mol. The van der Waals surface area contributed by atoms with Crippen molar-refractivity contribution >= 4 is 11.9 Å². The average Bonchev–Trinajstić information content (AvgIpc) is 2.94. The number of aromatic nitrogens is 1. The number of halogens is 1. The van der Waals surface area contributed by atoms with Crippen molar-refractivity contribution in [2.75, 3.05) is 13.7 Å². The van der Waals surface area contributed by atoms with Crippen molar-refractivity contribution in [3.05, 3.63) is 59.2 Å². The van der Waals surface area contributed by atoms with Gasteiger partial charge in [-0.3, -0.25) is 9.69 Å². The molecule has 0 radical (unpaired) electrons. The van der Waals surface area contributed by atoms with E-state index in [2.05, 4.69) is 0 Å². The summed E-state index contributed by atoms with van der Waals surface area (Å²) in [7, 11) is 3.08. The first-order valence-corrected chi connectivity index (χ1v) is 7.82. The maximum absolute atomic E-state index is 13.1. The van der Waals surface area contributed by atoms with Crippen molar-refractivity contribution in [2.24, 2.45) is 7.05 Å². The molecule has 0 unspecified atom stereocenters. The number of hydrogen-bond donors (Lipinski definition) is 1. The third-order valence-electron chi connectivity index (χ3n) is 3.97. The maximum atomic E-state index is 13.1. The zero-order valence-corrected chi connectivity index (χ0v) is 14.2. The third kappa shape index (κ3) is 5.15. The molecule has 0 aliphatic heterocycles. The monoisotopic (exact) mass is 348 g/mol. The van der Waals surface area contributed by atoms with Crippen LogP contribution in [0, 0.1) is 5.82 Å². The Kier molecular flexibility index (Phi) is 6.30. The summed E-state index contributed by atoms with van der Waals surface area (Å²) in [5.41, 5.74) is 2.17. The summed E-state index contributed by atoms with van der Waals surface area (Å²) in [5.74, 6) is -1.62. The van der Waals surface area contributed by atoms with E-state index < -0.39 is 11.9 Å². The first kappa shape index (κ1) is 18.7. The molecule has 134 valence electrons. The SMILES string of the molecule is COC(=O)c1ccc(CN(CCC(=O)O)Cc2ccc(F)cc2)n1C. The number of carboxylic acids is 1. The molecule has 2 rings (SSSR count). The predicted octanol–water partition coefficient (Wildman–Crippen LogP) is 2.43. The summed E-state index contributed by atoms with van der Waals surface area (Å²) in [5, 5.41) is 8.95. The molecule has 1 aromatic heterocycles. The van der Waals surface area contributed by atoms with Gasteiger partial charge in [0.15, 0.2) is 0 Å². The first-order valence-electron chi connectivity index (χ1n) is 7.82. The minimum atomic E-state index is -0.883. The zero-order chi connectivity index (χ0) is 18.4. The molecule has 2 aromatic rings. The lowest BCUT2D eigenvalue weighted by molar-refractivity contribution is -0.137. The van der Waals surface area contributed by atoms with Gasteiger partial charge in [0.25, 0.3) is 0 Å². The van der Waals surface area contributed by atoms with Crippen LogP contribution in [-0.2, 0) is 29.7 Å². The van der Waals surface area contributed by atoms with Gasteiger partial charge in [0.2, 0.25) is 0 Å². The van der Waals surface area contributed by atoms with Crippen molar-refractivity contribution in [1.82, 2.24) is 9.47 Å². The number of nitrogens with zero attached hydrogens (tertiary/aromatic N) is 2. The molecule has 6 nitrogen and oxygen atoms in total. The van der Waals surface area contributed by atoms with Gasteiger partial charge in [0.1, 0.15) is 11.5 Å². The molecule has 0 bridgehead atoms. The van der Waals surface area contributed by atoms with Gasteiger partial charge >= 0.3 is 11.9 Å². The normalized spacial score (nSPS) is 10.9. The Balaban J connectivity index is 2.15. The zero-order valence-electron chi connectivity index (χ0n) is 14.2. The number of hydrogen-bond acceptors (Lipinski definition) is 4. The lowest BCUT2D eigenvalue weighted by Crippen LogP contribution is -2.27. The number of ether oxygens (including phenoxy) is 1. The molecule has 1 N–H and O–H groups in total. The summed E-state index contributed by atoms with van der Waals surface area (Å²) in [6.07, 6.45) is -0.00449. The number of carboxylic acid groups (broad SMARTS) is 1. The molecule has 0 saturated heterocycles. The summed E-state index contributed by atoms with van der Waals surface area (Å²) in [6, 6.07) is 9.59. The molecule has 1 aromatic carbocycles. The minimum absolute atomic E-state index is 0.00449. The van der Waals surface area contributed by atoms with Crippen LogP contribution in [0.4, 0.5) is 4.39 Å². The Morgan fingerprint density at radius 2 is 1.84 bits per heavy atom. The van der Waals surface area contributed by atoms with Gasteiger partial charge in [-0.15, -0.1) is 0 Å². The van der Waals surface area contributed by atoms with Crippen LogP contribution in [0.15, 0.2) is 36.4 Å². The molecule has 25 heavy (non-hydrogen) atoms. The molecule has 0 spiro atoms. The molecule has 7 heteroatoms. The van der Waals surface area contributed by atoms with E-state index in [4.69, 9.17) is 9.84 Å². The highest BCUT2D eigenvalue weighted by Gasteiger charge is 2.16. The Morgan fingerprint density at radius 1 is 1.16 bits per heavy atom. The summed E-state index contributed by atoms with van der Waals surface area (Å²) in [6.45, 7) is 1.27. The van der Waals surface area contributed by atoms with E-state index >= 15 is 0 Å². The third-order valence-corrected chi connectivity index (χ3v) is 3.97. The van der Waals surface area contributed by atoms with E-state index in [1.165, 1.54) is 19.2 Å². The number of esters is 1. The lowest BCUT2D eigenvalue weighted by Gasteiger charge is -2.22. The van der Waals surface area contributed by atoms with Gasteiger partial charge in [-0.05, 0) is 29.8 Å². The van der Waals surface area contributed by atoms with E-state index in [0.717, 1.165) is 11.3 Å². The van der Waals surface area contributed by atoms with Gasteiger partial charge < -0.3 is 14.4 Å². The Hall–Kier alpha value is -2.67. The van der Waals surface area contributed by atoms with Crippen LogP contribution in [0.1, 0.15) is 28.2 Å². The number of benzene rings is 1. The average molecular weight is 348 g/mol. The van der Waals surface area contributed by atoms with Crippen LogP contribution < -0.4 is 0 Å². The number of methoxy groups -OCH3 is 1. The van der Waals surface area contributed by atoms with E-state index in [1.807, 2.05) is 11.0 Å². The molecule has 0 fully saturated rings. The molecule has 0 aliphatic carbocycles. The second-order valence-corrected chi connectivity index (χ2v) is 5.74. The number of carbonyl (C=O) groups excluding carboxylic acids is 1. The highest BCUT2D eigenvalue weighted by Crippen LogP contribution is 2.14. The molecular formula is C18H21FN2O4. The molecule has 1 heterocycles.